The van der Waals surface area contributed by atoms with E-state index in [1.807, 2.05) is 6.20 Å². The molecule has 0 aliphatic heterocycles. The molecule has 0 spiro atoms. The Kier molecular flexibility index (Phi) is 2.72. The zero-order valence-electron chi connectivity index (χ0n) is 9.82. The summed E-state index contributed by atoms with van der Waals surface area (Å²) in [6, 6.07) is 8.61. The predicted octanol–water partition coefficient (Wildman–Crippen LogP) is 3.69. The van der Waals surface area contributed by atoms with Gasteiger partial charge >= 0.3 is 0 Å². The van der Waals surface area contributed by atoms with Crippen molar-refractivity contribution < 1.29 is 0 Å². The van der Waals surface area contributed by atoms with Crippen LogP contribution in [-0.4, -0.2) is 4.98 Å². The molecular weight excluding hydrogens is 216 g/mol. The third-order valence-electron chi connectivity index (χ3n) is 2.56. The van der Waals surface area contributed by atoms with Gasteiger partial charge in [-0.25, -0.2) is 4.98 Å². The third kappa shape index (κ3) is 2.25. The zero-order chi connectivity index (χ0) is 11.8. The largest absolute Gasteiger partial charge is 0.375 e. The fourth-order valence-corrected chi connectivity index (χ4v) is 2.25. The van der Waals surface area contributed by atoms with Gasteiger partial charge in [-0.1, -0.05) is 56.4 Å². The molecule has 3 heteroatoms. The number of aromatic nitrogens is 1. The number of hydrogen-bond donors (Lipinski definition) is 1. The van der Waals surface area contributed by atoms with Crippen molar-refractivity contribution in [2.75, 3.05) is 5.73 Å². The van der Waals surface area contributed by atoms with Crippen LogP contribution < -0.4 is 5.73 Å². The first-order valence-electron chi connectivity index (χ1n) is 5.29. The Morgan fingerprint density at radius 2 is 1.75 bits per heavy atom. The van der Waals surface area contributed by atoms with Gasteiger partial charge in [-0.05, 0) is 16.5 Å². The Morgan fingerprint density at radius 3 is 2.19 bits per heavy atom. The molecule has 2 rings (SSSR count). The number of nitrogen functional groups attached to an aromatic ring is 1. The van der Waals surface area contributed by atoms with Crippen molar-refractivity contribution in [2.45, 2.75) is 26.2 Å². The first kappa shape index (κ1) is 11.1. The molecule has 0 amide bonds. The fraction of sp³-hybridized carbons (Fsp3) is 0.308. The van der Waals surface area contributed by atoms with Crippen molar-refractivity contribution in [2.24, 2.45) is 0 Å². The van der Waals surface area contributed by atoms with Gasteiger partial charge in [0, 0.05) is 6.20 Å². The van der Waals surface area contributed by atoms with Gasteiger partial charge < -0.3 is 5.73 Å². The lowest BCUT2D eigenvalue weighted by Crippen LogP contribution is -2.10. The van der Waals surface area contributed by atoms with E-state index in [4.69, 9.17) is 5.73 Å². The molecule has 2 nitrogen and oxygen atoms in total. The molecule has 0 saturated carbocycles. The molecule has 0 atom stereocenters. The number of nitrogens with two attached hydrogens (primary N) is 1. The molecule has 2 N–H and O–H groups in total. The van der Waals surface area contributed by atoms with E-state index in [9.17, 15) is 0 Å². The van der Waals surface area contributed by atoms with Crippen LogP contribution >= 0.6 is 11.3 Å². The molecule has 0 fully saturated rings. The lowest BCUT2D eigenvalue weighted by Gasteiger charge is -2.18. The van der Waals surface area contributed by atoms with E-state index in [0.29, 0.717) is 5.13 Å². The Bertz CT molecular complexity index is 477. The summed E-state index contributed by atoms with van der Waals surface area (Å²) in [5.74, 6) is 0. The summed E-state index contributed by atoms with van der Waals surface area (Å²) < 4.78 is 0. The first-order chi connectivity index (χ1) is 7.47. The Morgan fingerprint density at radius 1 is 1.12 bits per heavy atom. The van der Waals surface area contributed by atoms with Crippen LogP contribution in [0, 0.1) is 0 Å². The summed E-state index contributed by atoms with van der Waals surface area (Å²) in [4.78, 5) is 5.18. The second kappa shape index (κ2) is 3.91. The van der Waals surface area contributed by atoms with Crippen LogP contribution in [0.25, 0.3) is 10.4 Å². The Hall–Kier alpha value is -1.35. The third-order valence-corrected chi connectivity index (χ3v) is 3.43. The van der Waals surface area contributed by atoms with Crippen LogP contribution in [0.1, 0.15) is 26.3 Å². The number of rotatable bonds is 1. The number of benzene rings is 1. The maximum Gasteiger partial charge on any atom is 0.180 e. The Balaban J connectivity index is 2.33. The molecule has 84 valence electrons. The molecule has 16 heavy (non-hydrogen) atoms. The van der Waals surface area contributed by atoms with Crippen LogP contribution in [0.3, 0.4) is 0 Å². The van der Waals surface area contributed by atoms with Crippen molar-refractivity contribution in [1.29, 1.82) is 0 Å². The minimum absolute atomic E-state index is 0.200. The zero-order valence-corrected chi connectivity index (χ0v) is 10.6. The maximum absolute atomic E-state index is 5.62. The van der Waals surface area contributed by atoms with Gasteiger partial charge in [-0.15, -0.1) is 0 Å². The smallest absolute Gasteiger partial charge is 0.180 e. The van der Waals surface area contributed by atoms with Crippen LogP contribution in [0.4, 0.5) is 5.13 Å². The highest BCUT2D eigenvalue weighted by Crippen LogP contribution is 2.29. The van der Waals surface area contributed by atoms with Crippen molar-refractivity contribution in [1.82, 2.24) is 4.98 Å². The van der Waals surface area contributed by atoms with Gasteiger partial charge in [0.05, 0.1) is 4.88 Å². The number of thiazole rings is 1. The van der Waals surface area contributed by atoms with Crippen LogP contribution in [0.2, 0.25) is 0 Å². The molecule has 1 heterocycles. The minimum Gasteiger partial charge on any atom is -0.375 e. The lowest BCUT2D eigenvalue weighted by molar-refractivity contribution is 0.590. The Labute approximate surface area is 100 Å². The number of hydrogen-bond acceptors (Lipinski definition) is 3. The number of nitrogens with zero attached hydrogens (tertiary/aromatic N) is 1. The summed E-state index contributed by atoms with van der Waals surface area (Å²) in [6.07, 6.45) is 1.83. The van der Waals surface area contributed by atoms with E-state index < -0.39 is 0 Å². The second-order valence-corrected chi connectivity index (χ2v) is 5.95. The topological polar surface area (TPSA) is 38.9 Å². The normalized spacial score (nSPS) is 11.7. The van der Waals surface area contributed by atoms with Crippen LogP contribution in [0.5, 0.6) is 0 Å². The predicted molar refractivity (Wildman–Crippen MR) is 70.7 cm³/mol. The van der Waals surface area contributed by atoms with Crippen LogP contribution in [-0.2, 0) is 5.41 Å². The van der Waals surface area contributed by atoms with Gasteiger partial charge in [0.25, 0.3) is 0 Å². The molecule has 0 aliphatic carbocycles. The highest BCUT2D eigenvalue weighted by molar-refractivity contribution is 7.18. The SMILES string of the molecule is CC(C)(C)c1ccc(-c2cnc(N)s2)cc1. The van der Waals surface area contributed by atoms with Gasteiger partial charge in [0.15, 0.2) is 5.13 Å². The van der Waals surface area contributed by atoms with Gasteiger partial charge in [-0.2, -0.15) is 0 Å². The summed E-state index contributed by atoms with van der Waals surface area (Å²) >= 11 is 1.52. The van der Waals surface area contributed by atoms with E-state index in [2.05, 4.69) is 50.0 Å². The van der Waals surface area contributed by atoms with E-state index in [0.717, 1.165) is 4.88 Å². The molecule has 1 aromatic carbocycles. The van der Waals surface area contributed by atoms with E-state index in [1.54, 1.807) is 0 Å². The van der Waals surface area contributed by atoms with Crippen molar-refractivity contribution in [3.05, 3.63) is 36.0 Å². The highest BCUT2D eigenvalue weighted by atomic mass is 32.1. The van der Waals surface area contributed by atoms with E-state index in [1.165, 1.54) is 22.5 Å². The van der Waals surface area contributed by atoms with Gasteiger partial charge in [-0.3, -0.25) is 0 Å². The standard InChI is InChI=1S/C13H16N2S/c1-13(2,3)10-6-4-9(5-7-10)11-8-15-12(14)16-11/h4-8H,1-3H3,(H2,14,15). The molecular formula is C13H16N2S. The van der Waals surface area contributed by atoms with Gasteiger partial charge in [0.1, 0.15) is 0 Å². The molecule has 0 unspecified atom stereocenters. The van der Waals surface area contributed by atoms with E-state index >= 15 is 0 Å². The average molecular weight is 232 g/mol. The second-order valence-electron chi connectivity index (χ2n) is 4.89. The molecule has 2 aromatic rings. The summed E-state index contributed by atoms with van der Waals surface area (Å²) in [7, 11) is 0. The molecule has 1 aromatic heterocycles. The first-order valence-corrected chi connectivity index (χ1v) is 6.11. The summed E-state index contributed by atoms with van der Waals surface area (Å²) in [5.41, 5.74) is 8.35. The molecule has 0 saturated heterocycles. The quantitative estimate of drug-likeness (QED) is 0.814. The monoisotopic (exact) mass is 232 g/mol. The molecule has 0 radical (unpaired) electrons. The van der Waals surface area contributed by atoms with Crippen LogP contribution in [0.15, 0.2) is 30.5 Å². The molecule has 0 bridgehead atoms. The van der Waals surface area contributed by atoms with E-state index in [-0.39, 0.29) is 5.41 Å². The fourth-order valence-electron chi connectivity index (χ4n) is 1.56. The average Bonchev–Trinajstić information content (AvgIpc) is 2.64. The minimum atomic E-state index is 0.200. The summed E-state index contributed by atoms with van der Waals surface area (Å²) in [6.45, 7) is 6.64. The highest BCUT2D eigenvalue weighted by Gasteiger charge is 2.13. The molecule has 0 aliphatic rings. The van der Waals surface area contributed by atoms with Crippen molar-refractivity contribution >= 4 is 16.5 Å². The summed E-state index contributed by atoms with van der Waals surface area (Å²) in [5, 5.41) is 0.620. The van der Waals surface area contributed by atoms with Crippen molar-refractivity contribution in [3.63, 3.8) is 0 Å². The maximum atomic E-state index is 5.62. The lowest BCUT2D eigenvalue weighted by atomic mass is 9.87. The number of anilines is 1. The van der Waals surface area contributed by atoms with Gasteiger partial charge in [0.2, 0.25) is 0 Å². The van der Waals surface area contributed by atoms with Crippen molar-refractivity contribution in [3.8, 4) is 10.4 Å².